The van der Waals surface area contributed by atoms with Crippen molar-refractivity contribution in [3.8, 4) is 0 Å². The van der Waals surface area contributed by atoms with Crippen LogP contribution in [-0.2, 0) is 19.4 Å². The second-order valence-electron chi connectivity index (χ2n) is 4.74. The minimum atomic E-state index is 0.697. The Morgan fingerprint density at radius 2 is 2.24 bits per heavy atom. The first-order chi connectivity index (χ1) is 8.22. The number of alkyl halides is 1. The lowest BCUT2D eigenvalue weighted by molar-refractivity contribution is 0.622. The minimum absolute atomic E-state index is 0.697. The first kappa shape index (κ1) is 11.6. The van der Waals surface area contributed by atoms with Gasteiger partial charge in [-0.05, 0) is 59.3 Å². The van der Waals surface area contributed by atoms with Gasteiger partial charge in [-0.25, -0.2) is 0 Å². The molecule has 0 atom stereocenters. The summed E-state index contributed by atoms with van der Waals surface area (Å²) in [5.74, 6) is 0.697. The second kappa shape index (κ2) is 4.33. The first-order valence-electron chi connectivity index (χ1n) is 6.08. The van der Waals surface area contributed by atoms with E-state index < -0.39 is 0 Å². The molecule has 0 saturated heterocycles. The van der Waals surface area contributed by atoms with E-state index in [9.17, 15) is 0 Å². The van der Waals surface area contributed by atoms with Crippen LogP contribution in [0.5, 0.6) is 0 Å². The molecule has 2 aromatic rings. The molecule has 1 aromatic carbocycles. The summed E-state index contributed by atoms with van der Waals surface area (Å²) in [7, 11) is 0. The summed E-state index contributed by atoms with van der Waals surface area (Å²) in [5.41, 5.74) is 5.63. The monoisotopic (exact) mass is 311 g/mol. The van der Waals surface area contributed by atoms with E-state index in [0.29, 0.717) is 5.88 Å². The molecule has 17 heavy (non-hydrogen) atoms. The largest absolute Gasteiger partial charge is 0.343 e. The molecule has 0 radical (unpaired) electrons. The van der Waals surface area contributed by atoms with Crippen LogP contribution in [0.1, 0.15) is 23.2 Å². The van der Waals surface area contributed by atoms with E-state index in [4.69, 9.17) is 11.6 Å². The van der Waals surface area contributed by atoms with Crippen molar-refractivity contribution >= 4 is 38.4 Å². The van der Waals surface area contributed by atoms with Crippen molar-refractivity contribution in [3.63, 3.8) is 0 Å². The van der Waals surface area contributed by atoms with Gasteiger partial charge in [0.1, 0.15) is 0 Å². The number of nitrogens with zero attached hydrogens (tertiary/aromatic N) is 1. The molecule has 1 aromatic heterocycles. The summed E-state index contributed by atoms with van der Waals surface area (Å²) in [5, 5.41) is 1.36. The van der Waals surface area contributed by atoms with Crippen LogP contribution in [0.3, 0.4) is 0 Å². The molecule has 1 aliphatic heterocycles. The highest BCUT2D eigenvalue weighted by Gasteiger charge is 2.19. The number of hydrogen-bond acceptors (Lipinski definition) is 0. The Bertz CT molecular complexity index is 586. The number of aromatic nitrogens is 1. The van der Waals surface area contributed by atoms with Gasteiger partial charge in [0.25, 0.3) is 0 Å². The van der Waals surface area contributed by atoms with Crippen LogP contribution in [0.15, 0.2) is 16.6 Å². The standard InChI is InChI=1S/C14H15BrClN/c1-9-13(15)12-8-10(4-5-16)7-11-3-2-6-17(9)14(11)12/h7-8H,2-6H2,1H3. The maximum Gasteiger partial charge on any atom is 0.0526 e. The van der Waals surface area contributed by atoms with Gasteiger partial charge in [0.2, 0.25) is 0 Å². The predicted octanol–water partition coefficient (Wildman–Crippen LogP) is 4.44. The second-order valence-corrected chi connectivity index (χ2v) is 5.92. The van der Waals surface area contributed by atoms with E-state index in [0.717, 1.165) is 13.0 Å². The quantitative estimate of drug-likeness (QED) is 0.723. The molecule has 0 spiro atoms. The van der Waals surface area contributed by atoms with Crippen molar-refractivity contribution in [3.05, 3.63) is 33.4 Å². The van der Waals surface area contributed by atoms with Gasteiger partial charge >= 0.3 is 0 Å². The summed E-state index contributed by atoms with van der Waals surface area (Å²) in [6.45, 7) is 3.34. The van der Waals surface area contributed by atoms with Crippen LogP contribution in [0.4, 0.5) is 0 Å². The molecule has 0 aliphatic carbocycles. The Morgan fingerprint density at radius 3 is 3.00 bits per heavy atom. The van der Waals surface area contributed by atoms with Gasteiger partial charge in [-0.3, -0.25) is 0 Å². The van der Waals surface area contributed by atoms with Gasteiger partial charge in [-0.15, -0.1) is 11.6 Å². The van der Waals surface area contributed by atoms with Gasteiger partial charge in [-0.1, -0.05) is 6.07 Å². The smallest absolute Gasteiger partial charge is 0.0526 e. The zero-order valence-electron chi connectivity index (χ0n) is 9.89. The van der Waals surface area contributed by atoms with Crippen LogP contribution in [0.25, 0.3) is 10.9 Å². The molecular formula is C14H15BrClN. The Hall–Kier alpha value is -0.470. The van der Waals surface area contributed by atoms with Gasteiger partial charge < -0.3 is 4.57 Å². The molecular weight excluding hydrogens is 298 g/mol. The van der Waals surface area contributed by atoms with Crippen LogP contribution < -0.4 is 0 Å². The SMILES string of the molecule is Cc1c(Br)c2cc(CCCl)cc3c2n1CCC3. The molecule has 0 amide bonds. The van der Waals surface area contributed by atoms with Gasteiger partial charge in [0.15, 0.2) is 0 Å². The van der Waals surface area contributed by atoms with Crippen molar-refractivity contribution < 1.29 is 0 Å². The van der Waals surface area contributed by atoms with Crippen LogP contribution in [-0.4, -0.2) is 10.4 Å². The fourth-order valence-corrected chi connectivity index (χ4v) is 3.61. The third kappa shape index (κ3) is 1.73. The number of rotatable bonds is 2. The van der Waals surface area contributed by atoms with E-state index in [1.807, 2.05) is 0 Å². The van der Waals surface area contributed by atoms with Crippen molar-refractivity contribution in [2.45, 2.75) is 32.7 Å². The summed E-state index contributed by atoms with van der Waals surface area (Å²) < 4.78 is 3.70. The number of hydrogen-bond donors (Lipinski definition) is 0. The maximum atomic E-state index is 5.86. The highest BCUT2D eigenvalue weighted by atomic mass is 79.9. The maximum absolute atomic E-state index is 5.86. The Labute approximate surface area is 115 Å². The molecule has 90 valence electrons. The van der Waals surface area contributed by atoms with Gasteiger partial charge in [0.05, 0.1) is 5.52 Å². The lowest BCUT2D eigenvalue weighted by Gasteiger charge is -2.17. The average Bonchev–Trinajstić information content (AvgIpc) is 2.57. The molecule has 0 unspecified atom stereocenters. The van der Waals surface area contributed by atoms with E-state index in [1.54, 1.807) is 0 Å². The topological polar surface area (TPSA) is 4.93 Å². The van der Waals surface area contributed by atoms with Gasteiger partial charge in [-0.2, -0.15) is 0 Å². The predicted molar refractivity (Wildman–Crippen MR) is 77.1 cm³/mol. The zero-order valence-corrected chi connectivity index (χ0v) is 12.2. The molecule has 1 nitrogen and oxygen atoms in total. The highest BCUT2D eigenvalue weighted by molar-refractivity contribution is 9.10. The van der Waals surface area contributed by atoms with E-state index in [-0.39, 0.29) is 0 Å². The third-order valence-corrected chi connectivity index (χ3v) is 4.88. The number of aryl methyl sites for hydroxylation is 3. The van der Waals surface area contributed by atoms with Crippen molar-refractivity contribution in [2.24, 2.45) is 0 Å². The summed E-state index contributed by atoms with van der Waals surface area (Å²) >= 11 is 9.59. The third-order valence-electron chi connectivity index (χ3n) is 3.69. The Balaban J connectivity index is 2.33. The number of benzene rings is 1. The normalized spacial score (nSPS) is 14.5. The Kier molecular flexibility index (Phi) is 2.95. The Morgan fingerprint density at radius 1 is 1.41 bits per heavy atom. The van der Waals surface area contributed by atoms with Crippen LogP contribution in [0.2, 0.25) is 0 Å². The lowest BCUT2D eigenvalue weighted by Crippen LogP contribution is -2.09. The fraction of sp³-hybridized carbons (Fsp3) is 0.429. The molecule has 0 fully saturated rings. The molecule has 0 N–H and O–H groups in total. The minimum Gasteiger partial charge on any atom is -0.343 e. The van der Waals surface area contributed by atoms with E-state index in [1.165, 1.54) is 45.0 Å². The summed E-state index contributed by atoms with van der Waals surface area (Å²) in [6.07, 6.45) is 3.40. The lowest BCUT2D eigenvalue weighted by atomic mass is 9.99. The van der Waals surface area contributed by atoms with Crippen LogP contribution in [0, 0.1) is 6.92 Å². The molecule has 1 aliphatic rings. The van der Waals surface area contributed by atoms with Crippen LogP contribution >= 0.6 is 27.5 Å². The molecule has 2 heterocycles. The highest BCUT2D eigenvalue weighted by Crippen LogP contribution is 2.36. The fourth-order valence-electron chi connectivity index (χ4n) is 2.88. The zero-order chi connectivity index (χ0) is 12.0. The molecule has 3 rings (SSSR count). The summed E-state index contributed by atoms with van der Waals surface area (Å²) in [6, 6.07) is 4.63. The van der Waals surface area contributed by atoms with Crippen molar-refractivity contribution in [1.29, 1.82) is 0 Å². The molecule has 0 saturated carbocycles. The van der Waals surface area contributed by atoms with Gasteiger partial charge in [0, 0.05) is 28.0 Å². The molecule has 3 heteroatoms. The first-order valence-corrected chi connectivity index (χ1v) is 7.41. The van der Waals surface area contributed by atoms with E-state index in [2.05, 4.69) is 39.6 Å². The average molecular weight is 313 g/mol. The van der Waals surface area contributed by atoms with E-state index >= 15 is 0 Å². The number of halogens is 2. The van der Waals surface area contributed by atoms with Crippen molar-refractivity contribution in [2.75, 3.05) is 5.88 Å². The summed E-state index contributed by atoms with van der Waals surface area (Å²) in [4.78, 5) is 0. The van der Waals surface area contributed by atoms with Crippen molar-refractivity contribution in [1.82, 2.24) is 4.57 Å². The molecule has 0 bridgehead atoms.